The van der Waals surface area contributed by atoms with E-state index in [0.717, 1.165) is 24.9 Å². The van der Waals surface area contributed by atoms with Crippen molar-refractivity contribution in [3.8, 4) is 5.75 Å². The number of methoxy groups -OCH3 is 1. The number of hydrogen-bond acceptors (Lipinski definition) is 2. The van der Waals surface area contributed by atoms with Gasteiger partial charge in [-0.05, 0) is 38.4 Å². The second-order valence-electron chi connectivity index (χ2n) is 4.91. The van der Waals surface area contributed by atoms with Crippen molar-refractivity contribution >= 4 is 0 Å². The van der Waals surface area contributed by atoms with Crippen LogP contribution >= 0.6 is 0 Å². The van der Waals surface area contributed by atoms with E-state index in [1.165, 1.54) is 13.2 Å². The third-order valence-corrected chi connectivity index (χ3v) is 3.41. The van der Waals surface area contributed by atoms with E-state index in [9.17, 15) is 8.78 Å². The highest BCUT2D eigenvalue weighted by atomic mass is 19.3. The summed E-state index contributed by atoms with van der Waals surface area (Å²) in [6, 6.07) is 4.82. The molecule has 100 valence electrons. The fourth-order valence-corrected chi connectivity index (χ4v) is 2.46. The molecule has 1 saturated heterocycles. The predicted octanol–water partition coefficient (Wildman–Crippen LogP) is 3.24. The molecule has 1 unspecified atom stereocenters. The summed E-state index contributed by atoms with van der Waals surface area (Å²) in [5.41, 5.74) is 0.823. The molecule has 1 heterocycles. The first kappa shape index (κ1) is 13.3. The van der Waals surface area contributed by atoms with E-state index >= 15 is 0 Å². The largest absolute Gasteiger partial charge is 0.496 e. The van der Waals surface area contributed by atoms with Gasteiger partial charge in [-0.3, -0.25) is 0 Å². The molecule has 2 nitrogen and oxygen atoms in total. The molecule has 1 atom stereocenters. The third-order valence-electron chi connectivity index (χ3n) is 3.41. The molecule has 1 aliphatic rings. The monoisotopic (exact) mass is 255 g/mol. The molecule has 0 spiro atoms. The highest BCUT2D eigenvalue weighted by molar-refractivity contribution is 5.40. The van der Waals surface area contributed by atoms with Gasteiger partial charge in [-0.25, -0.2) is 8.78 Å². The van der Waals surface area contributed by atoms with Crippen LogP contribution in [0.25, 0.3) is 0 Å². The lowest BCUT2D eigenvalue weighted by Gasteiger charge is -2.23. The average Bonchev–Trinajstić information content (AvgIpc) is 2.81. The van der Waals surface area contributed by atoms with E-state index in [4.69, 9.17) is 4.74 Å². The van der Waals surface area contributed by atoms with Crippen molar-refractivity contribution in [2.45, 2.75) is 38.2 Å². The molecule has 0 amide bonds. The second kappa shape index (κ2) is 5.22. The minimum absolute atomic E-state index is 0.00120. The van der Waals surface area contributed by atoms with Gasteiger partial charge in [-0.1, -0.05) is 11.6 Å². The summed E-state index contributed by atoms with van der Waals surface area (Å²) in [4.78, 5) is 0. The van der Waals surface area contributed by atoms with Crippen LogP contribution in [0.5, 0.6) is 5.75 Å². The van der Waals surface area contributed by atoms with Crippen LogP contribution in [0.3, 0.4) is 0 Å². The van der Waals surface area contributed by atoms with E-state index < -0.39 is 5.92 Å². The maximum atomic E-state index is 14.3. The molecule has 0 saturated carbocycles. The normalized spacial score (nSPS) is 20.1. The van der Waals surface area contributed by atoms with Crippen molar-refractivity contribution < 1.29 is 13.5 Å². The standard InChI is InChI=1S/C14H19F2NO/c1-10-5-6-13(18-2)12(8-10)14(15,16)9-11-4-3-7-17-11/h5-6,8,11,17H,3-4,7,9H2,1-2H3. The van der Waals surface area contributed by atoms with Crippen molar-refractivity contribution in [1.29, 1.82) is 0 Å². The minimum Gasteiger partial charge on any atom is -0.496 e. The van der Waals surface area contributed by atoms with Crippen molar-refractivity contribution in [3.05, 3.63) is 29.3 Å². The number of hydrogen-bond donors (Lipinski definition) is 1. The van der Waals surface area contributed by atoms with Crippen LogP contribution in [0.2, 0.25) is 0 Å². The molecular weight excluding hydrogens is 236 g/mol. The van der Waals surface area contributed by atoms with Crippen molar-refractivity contribution in [2.24, 2.45) is 0 Å². The number of halogens is 2. The summed E-state index contributed by atoms with van der Waals surface area (Å²) < 4.78 is 33.7. The van der Waals surface area contributed by atoms with Gasteiger partial charge in [0.2, 0.25) is 0 Å². The van der Waals surface area contributed by atoms with Gasteiger partial charge in [0.25, 0.3) is 5.92 Å². The van der Waals surface area contributed by atoms with E-state index in [0.29, 0.717) is 0 Å². The topological polar surface area (TPSA) is 21.3 Å². The first-order valence-electron chi connectivity index (χ1n) is 6.29. The predicted molar refractivity (Wildman–Crippen MR) is 67.3 cm³/mol. The van der Waals surface area contributed by atoms with E-state index in [2.05, 4.69) is 5.32 Å². The molecule has 1 aromatic rings. The molecule has 1 fully saturated rings. The Kier molecular flexibility index (Phi) is 3.85. The van der Waals surface area contributed by atoms with E-state index in [-0.39, 0.29) is 23.8 Å². The summed E-state index contributed by atoms with van der Waals surface area (Å²) in [6.45, 7) is 2.65. The van der Waals surface area contributed by atoms with Gasteiger partial charge in [0.1, 0.15) is 5.75 Å². The molecule has 0 aromatic heterocycles. The van der Waals surface area contributed by atoms with Crippen molar-refractivity contribution in [3.63, 3.8) is 0 Å². The lowest BCUT2D eigenvalue weighted by atomic mass is 9.97. The Labute approximate surface area is 106 Å². The molecule has 4 heteroatoms. The number of aryl methyl sites for hydroxylation is 1. The Bertz CT molecular complexity index is 414. The van der Waals surface area contributed by atoms with Crippen molar-refractivity contribution in [1.82, 2.24) is 5.32 Å². The SMILES string of the molecule is COc1ccc(C)cc1C(F)(F)CC1CCCN1. The third kappa shape index (κ3) is 2.80. The Morgan fingerprint density at radius 2 is 2.22 bits per heavy atom. The Hall–Kier alpha value is -1.16. The summed E-state index contributed by atoms with van der Waals surface area (Å²) in [5, 5.41) is 3.11. The molecule has 0 radical (unpaired) electrons. The zero-order chi connectivity index (χ0) is 13.2. The first-order valence-corrected chi connectivity index (χ1v) is 6.29. The quantitative estimate of drug-likeness (QED) is 0.891. The number of nitrogens with one attached hydrogen (secondary N) is 1. The van der Waals surface area contributed by atoms with Crippen LogP contribution in [-0.4, -0.2) is 19.7 Å². The second-order valence-corrected chi connectivity index (χ2v) is 4.91. The van der Waals surface area contributed by atoms with Gasteiger partial charge >= 0.3 is 0 Å². The molecule has 1 N–H and O–H groups in total. The summed E-state index contributed by atoms with van der Waals surface area (Å²) in [6.07, 6.45) is 1.64. The van der Waals surface area contributed by atoms with Crippen LogP contribution in [-0.2, 0) is 5.92 Å². The molecule has 18 heavy (non-hydrogen) atoms. The van der Waals surface area contributed by atoms with Crippen molar-refractivity contribution in [2.75, 3.05) is 13.7 Å². The maximum absolute atomic E-state index is 14.3. The highest BCUT2D eigenvalue weighted by Gasteiger charge is 2.38. The number of ether oxygens (including phenoxy) is 1. The molecule has 0 bridgehead atoms. The average molecular weight is 255 g/mol. The fourth-order valence-electron chi connectivity index (χ4n) is 2.46. The maximum Gasteiger partial charge on any atom is 0.278 e. The Morgan fingerprint density at radius 1 is 1.44 bits per heavy atom. The molecule has 0 aliphatic carbocycles. The number of rotatable bonds is 4. The van der Waals surface area contributed by atoms with E-state index in [1.807, 2.05) is 6.92 Å². The van der Waals surface area contributed by atoms with Crippen LogP contribution in [0.1, 0.15) is 30.4 Å². The smallest absolute Gasteiger partial charge is 0.278 e. The van der Waals surface area contributed by atoms with Gasteiger partial charge in [-0.15, -0.1) is 0 Å². The van der Waals surface area contributed by atoms with Gasteiger partial charge in [-0.2, -0.15) is 0 Å². The lowest BCUT2D eigenvalue weighted by molar-refractivity contribution is -0.0233. The lowest BCUT2D eigenvalue weighted by Crippen LogP contribution is -2.29. The zero-order valence-electron chi connectivity index (χ0n) is 10.8. The Balaban J connectivity index is 2.24. The first-order chi connectivity index (χ1) is 8.53. The van der Waals surface area contributed by atoms with Gasteiger partial charge in [0, 0.05) is 12.5 Å². The van der Waals surface area contributed by atoms with Crippen LogP contribution in [0, 0.1) is 6.92 Å². The number of alkyl halides is 2. The summed E-state index contributed by atoms with van der Waals surface area (Å²) >= 11 is 0. The summed E-state index contributed by atoms with van der Waals surface area (Å²) in [7, 11) is 1.43. The molecule has 2 rings (SSSR count). The molecule has 1 aromatic carbocycles. The van der Waals surface area contributed by atoms with Gasteiger partial charge in [0.05, 0.1) is 12.7 Å². The zero-order valence-corrected chi connectivity index (χ0v) is 10.8. The van der Waals surface area contributed by atoms with Gasteiger partial charge in [0.15, 0.2) is 0 Å². The van der Waals surface area contributed by atoms with Crippen LogP contribution < -0.4 is 10.1 Å². The Morgan fingerprint density at radius 3 is 2.83 bits per heavy atom. The highest BCUT2D eigenvalue weighted by Crippen LogP contribution is 2.40. The molecule has 1 aliphatic heterocycles. The van der Waals surface area contributed by atoms with E-state index in [1.54, 1.807) is 12.1 Å². The molecular formula is C14H19F2NO. The van der Waals surface area contributed by atoms with Crippen LogP contribution in [0.15, 0.2) is 18.2 Å². The van der Waals surface area contributed by atoms with Crippen LogP contribution in [0.4, 0.5) is 8.78 Å². The minimum atomic E-state index is -2.85. The number of benzene rings is 1. The van der Waals surface area contributed by atoms with Gasteiger partial charge < -0.3 is 10.1 Å². The summed E-state index contributed by atoms with van der Waals surface area (Å²) in [5.74, 6) is -2.58. The fraction of sp³-hybridized carbons (Fsp3) is 0.571.